The van der Waals surface area contributed by atoms with Crippen LogP contribution in [0.3, 0.4) is 0 Å². The molecule has 1 aromatic carbocycles. The lowest BCUT2D eigenvalue weighted by Gasteiger charge is -2.18. The van der Waals surface area contributed by atoms with E-state index in [-0.39, 0.29) is 12.5 Å². The van der Waals surface area contributed by atoms with Gasteiger partial charge in [0.2, 0.25) is 0 Å². The zero-order valence-corrected chi connectivity index (χ0v) is 15.3. The van der Waals surface area contributed by atoms with Crippen molar-refractivity contribution in [3.8, 4) is 5.75 Å². The molecule has 0 spiro atoms. The monoisotopic (exact) mass is 361 g/mol. The maximum atomic E-state index is 12.1. The average molecular weight is 361 g/mol. The Morgan fingerprint density at radius 1 is 1.27 bits per heavy atom. The molecule has 140 valence electrons. The summed E-state index contributed by atoms with van der Waals surface area (Å²) in [5.41, 5.74) is 1.53. The predicted octanol–water partition coefficient (Wildman–Crippen LogP) is 2.27. The van der Waals surface area contributed by atoms with Gasteiger partial charge in [-0.3, -0.25) is 4.79 Å². The third-order valence-electron chi connectivity index (χ3n) is 4.02. The molecule has 0 saturated heterocycles. The Labute approximate surface area is 151 Å². The number of fused-ring (bicyclic) bond motifs is 1. The molecule has 1 amide bonds. The number of hydrogen-bond acceptors (Lipinski definition) is 5. The van der Waals surface area contributed by atoms with Gasteiger partial charge in [0.05, 0.1) is 5.39 Å². The van der Waals surface area contributed by atoms with Crippen LogP contribution in [-0.2, 0) is 16.0 Å². The normalized spacial score (nSPS) is 12.2. The molecule has 0 bridgehead atoms. The van der Waals surface area contributed by atoms with Gasteiger partial charge in [-0.15, -0.1) is 0 Å². The van der Waals surface area contributed by atoms with Gasteiger partial charge in [0.25, 0.3) is 5.91 Å². The van der Waals surface area contributed by atoms with Gasteiger partial charge in [0.15, 0.2) is 6.61 Å². The van der Waals surface area contributed by atoms with E-state index in [4.69, 9.17) is 14.3 Å². The van der Waals surface area contributed by atoms with E-state index >= 15 is 0 Å². The number of aryl methyl sites for hydroxylation is 2. The van der Waals surface area contributed by atoms with Crippen LogP contribution in [0.5, 0.6) is 5.75 Å². The molecular formula is C19H23NO6. The van der Waals surface area contributed by atoms with E-state index in [2.05, 4.69) is 5.32 Å². The van der Waals surface area contributed by atoms with Crippen LogP contribution in [0.25, 0.3) is 11.0 Å². The van der Waals surface area contributed by atoms with Crippen LogP contribution in [0.15, 0.2) is 27.4 Å². The van der Waals surface area contributed by atoms with Crippen molar-refractivity contribution >= 4 is 22.8 Å². The molecule has 2 N–H and O–H groups in total. The number of benzene rings is 1. The largest absolute Gasteiger partial charge is 0.483 e. The molecule has 0 saturated carbocycles. The second-order valence-electron chi connectivity index (χ2n) is 6.50. The second kappa shape index (κ2) is 8.03. The van der Waals surface area contributed by atoms with Gasteiger partial charge in [-0.2, -0.15) is 0 Å². The zero-order chi connectivity index (χ0) is 19.4. The Hall–Kier alpha value is -2.83. The van der Waals surface area contributed by atoms with Gasteiger partial charge in [-0.25, -0.2) is 9.59 Å². The molecule has 2 rings (SSSR count). The summed E-state index contributed by atoms with van der Waals surface area (Å²) >= 11 is 0. The van der Waals surface area contributed by atoms with Crippen molar-refractivity contribution in [3.05, 3.63) is 39.7 Å². The van der Waals surface area contributed by atoms with E-state index in [0.717, 1.165) is 11.1 Å². The number of amides is 1. The smallest absolute Gasteiger partial charge is 0.336 e. The van der Waals surface area contributed by atoms with Crippen LogP contribution < -0.4 is 15.7 Å². The fraction of sp³-hybridized carbons (Fsp3) is 0.421. The van der Waals surface area contributed by atoms with Gasteiger partial charge in [0, 0.05) is 6.07 Å². The molecule has 0 fully saturated rings. The van der Waals surface area contributed by atoms with Gasteiger partial charge in [-0.05, 0) is 42.5 Å². The fourth-order valence-electron chi connectivity index (χ4n) is 2.73. The first kappa shape index (κ1) is 19.5. The molecule has 26 heavy (non-hydrogen) atoms. The highest BCUT2D eigenvalue weighted by Gasteiger charge is 2.23. The molecule has 7 nitrogen and oxygen atoms in total. The quantitative estimate of drug-likeness (QED) is 0.733. The summed E-state index contributed by atoms with van der Waals surface area (Å²) in [4.78, 5) is 35.0. The van der Waals surface area contributed by atoms with Crippen LogP contribution in [0, 0.1) is 12.8 Å². The molecule has 1 heterocycles. The van der Waals surface area contributed by atoms with Crippen molar-refractivity contribution in [2.24, 2.45) is 5.92 Å². The summed E-state index contributed by atoms with van der Waals surface area (Å²) < 4.78 is 10.9. The molecule has 0 aliphatic heterocycles. The summed E-state index contributed by atoms with van der Waals surface area (Å²) in [6.45, 7) is 6.82. The summed E-state index contributed by atoms with van der Waals surface area (Å²) in [5.74, 6) is -1.45. The van der Waals surface area contributed by atoms with Crippen LogP contribution in [0.1, 0.15) is 31.9 Å². The van der Waals surface area contributed by atoms with Crippen molar-refractivity contribution < 1.29 is 23.8 Å². The maximum absolute atomic E-state index is 12.1. The highest BCUT2D eigenvalue weighted by atomic mass is 16.5. The lowest BCUT2D eigenvalue weighted by Crippen LogP contribution is -2.46. The summed E-state index contributed by atoms with van der Waals surface area (Å²) in [7, 11) is 0. The first-order valence-electron chi connectivity index (χ1n) is 8.45. The number of nitrogens with one attached hydrogen (secondary N) is 1. The number of rotatable bonds is 7. The fourth-order valence-corrected chi connectivity index (χ4v) is 2.73. The van der Waals surface area contributed by atoms with Crippen molar-refractivity contribution in [2.45, 2.75) is 40.2 Å². The van der Waals surface area contributed by atoms with E-state index in [1.165, 1.54) is 6.07 Å². The lowest BCUT2D eigenvalue weighted by molar-refractivity contribution is -0.143. The lowest BCUT2D eigenvalue weighted by atomic mass is 10.0. The molecule has 7 heteroatoms. The van der Waals surface area contributed by atoms with Crippen molar-refractivity contribution in [3.63, 3.8) is 0 Å². The number of carbonyl (C=O) groups is 2. The second-order valence-corrected chi connectivity index (χ2v) is 6.50. The minimum absolute atomic E-state index is 0.253. The SMILES string of the molecule is CCc1cc(=O)oc2cc(C)cc(OCC(=O)NC(C(=O)O)C(C)C)c12. The number of carbonyl (C=O) groups excluding carboxylic acids is 1. The molecule has 1 unspecified atom stereocenters. The number of aliphatic carboxylic acids is 1. The molecule has 0 radical (unpaired) electrons. The molecular weight excluding hydrogens is 338 g/mol. The Kier molecular flexibility index (Phi) is 6.02. The highest BCUT2D eigenvalue weighted by molar-refractivity contribution is 5.89. The summed E-state index contributed by atoms with van der Waals surface area (Å²) in [5, 5.41) is 12.2. The number of hydrogen-bond donors (Lipinski definition) is 2. The molecule has 0 aliphatic carbocycles. The van der Waals surface area contributed by atoms with Crippen LogP contribution in [0.4, 0.5) is 0 Å². The Balaban J connectivity index is 2.27. The minimum atomic E-state index is -1.09. The van der Waals surface area contributed by atoms with Gasteiger partial charge >= 0.3 is 11.6 Å². The van der Waals surface area contributed by atoms with E-state index in [1.807, 2.05) is 13.8 Å². The van der Waals surface area contributed by atoms with E-state index in [0.29, 0.717) is 23.1 Å². The topological polar surface area (TPSA) is 106 Å². The zero-order valence-electron chi connectivity index (χ0n) is 15.3. The number of ether oxygens (including phenoxy) is 1. The Morgan fingerprint density at radius 3 is 2.54 bits per heavy atom. The Bertz CT molecular complexity index is 883. The Morgan fingerprint density at radius 2 is 1.96 bits per heavy atom. The predicted molar refractivity (Wildman–Crippen MR) is 96.5 cm³/mol. The minimum Gasteiger partial charge on any atom is -0.483 e. The van der Waals surface area contributed by atoms with Gasteiger partial charge in [-0.1, -0.05) is 20.8 Å². The summed E-state index contributed by atoms with van der Waals surface area (Å²) in [6, 6.07) is 3.92. The van der Waals surface area contributed by atoms with Gasteiger partial charge < -0.3 is 19.6 Å². The van der Waals surface area contributed by atoms with E-state index in [1.54, 1.807) is 26.0 Å². The third kappa shape index (κ3) is 4.41. The van der Waals surface area contributed by atoms with Crippen LogP contribution in [0.2, 0.25) is 0 Å². The summed E-state index contributed by atoms with van der Waals surface area (Å²) in [6.07, 6.45) is 0.599. The first-order chi connectivity index (χ1) is 12.2. The van der Waals surface area contributed by atoms with Crippen molar-refractivity contribution in [1.82, 2.24) is 5.32 Å². The standard InChI is InChI=1S/C19H23NO6/c1-5-12-8-16(22)26-14-7-11(4)6-13(17(12)14)25-9-15(21)20-18(10(2)3)19(23)24/h6-8,10,18H,5,9H2,1-4H3,(H,20,21)(H,23,24). The number of carboxylic acids is 1. The van der Waals surface area contributed by atoms with E-state index < -0.39 is 23.5 Å². The molecule has 2 aromatic rings. The third-order valence-corrected chi connectivity index (χ3v) is 4.02. The first-order valence-corrected chi connectivity index (χ1v) is 8.45. The van der Waals surface area contributed by atoms with Crippen molar-refractivity contribution in [2.75, 3.05) is 6.61 Å². The number of carboxylic acid groups (broad SMARTS) is 1. The molecule has 1 aromatic heterocycles. The maximum Gasteiger partial charge on any atom is 0.336 e. The van der Waals surface area contributed by atoms with E-state index in [9.17, 15) is 14.4 Å². The van der Waals surface area contributed by atoms with Gasteiger partial charge in [0.1, 0.15) is 17.4 Å². The van der Waals surface area contributed by atoms with Crippen LogP contribution in [-0.4, -0.2) is 29.6 Å². The highest BCUT2D eigenvalue weighted by Crippen LogP contribution is 2.30. The average Bonchev–Trinajstić information content (AvgIpc) is 2.55. The van der Waals surface area contributed by atoms with Crippen molar-refractivity contribution in [1.29, 1.82) is 0 Å². The molecule has 1 atom stereocenters. The molecule has 0 aliphatic rings. The van der Waals surface area contributed by atoms with Crippen LogP contribution >= 0.6 is 0 Å².